The van der Waals surface area contributed by atoms with Crippen molar-refractivity contribution in [2.45, 2.75) is 19.3 Å². The summed E-state index contributed by atoms with van der Waals surface area (Å²) in [5.74, 6) is 1.56. The van der Waals surface area contributed by atoms with Crippen molar-refractivity contribution in [3.8, 4) is 11.1 Å². The largest absolute Gasteiger partial charge is 0.357 e. The van der Waals surface area contributed by atoms with E-state index in [0.717, 1.165) is 43.6 Å². The monoisotopic (exact) mass is 384 g/mol. The lowest BCUT2D eigenvalue weighted by Crippen LogP contribution is -2.34. The summed E-state index contributed by atoms with van der Waals surface area (Å²) in [6.45, 7) is 1.95. The highest BCUT2D eigenvalue weighted by molar-refractivity contribution is 6.08. The number of pyridine rings is 2. The van der Waals surface area contributed by atoms with Crippen molar-refractivity contribution in [3.63, 3.8) is 0 Å². The molecule has 1 aliphatic rings. The van der Waals surface area contributed by atoms with Crippen molar-refractivity contribution in [2.75, 3.05) is 18.0 Å². The van der Waals surface area contributed by atoms with Gasteiger partial charge in [0.1, 0.15) is 12.1 Å². The minimum Gasteiger partial charge on any atom is -0.357 e. The number of hydrogen-bond acceptors (Lipinski definition) is 4. The van der Waals surface area contributed by atoms with Crippen molar-refractivity contribution < 1.29 is 4.79 Å². The number of carbonyl (C=O) groups excluding carboxylic acids is 1. The molecule has 4 aromatic rings. The van der Waals surface area contributed by atoms with Gasteiger partial charge in [-0.2, -0.15) is 0 Å². The maximum Gasteiger partial charge on any atom is 0.128 e. The number of rotatable bonds is 4. The summed E-state index contributed by atoms with van der Waals surface area (Å²) in [5.41, 5.74) is 4.68. The van der Waals surface area contributed by atoms with Gasteiger partial charge in [0.15, 0.2) is 0 Å². The van der Waals surface area contributed by atoms with E-state index < -0.39 is 0 Å². The molecule has 0 bridgehead atoms. The molecule has 3 aromatic heterocycles. The minimum atomic E-state index is 0.533. The van der Waals surface area contributed by atoms with Gasteiger partial charge < -0.3 is 14.3 Å². The molecule has 0 unspecified atom stereocenters. The third-order valence-corrected chi connectivity index (χ3v) is 6.26. The van der Waals surface area contributed by atoms with Crippen LogP contribution in [0.5, 0.6) is 0 Å². The Morgan fingerprint density at radius 1 is 1.00 bits per heavy atom. The predicted octanol–water partition coefficient (Wildman–Crippen LogP) is 4.59. The normalized spacial score (nSPS) is 15.3. The molecule has 0 N–H and O–H groups in total. The van der Waals surface area contributed by atoms with E-state index in [4.69, 9.17) is 4.98 Å². The Labute approximate surface area is 170 Å². The molecule has 0 amide bonds. The summed E-state index contributed by atoms with van der Waals surface area (Å²) in [6.07, 6.45) is 9.61. The number of anilines is 1. The van der Waals surface area contributed by atoms with E-state index >= 15 is 0 Å². The first-order chi connectivity index (χ1) is 14.2. The molecule has 0 atom stereocenters. The maximum absolute atomic E-state index is 10.7. The van der Waals surface area contributed by atoms with E-state index in [2.05, 4.69) is 57.9 Å². The van der Waals surface area contributed by atoms with Gasteiger partial charge >= 0.3 is 0 Å². The molecule has 5 nitrogen and oxygen atoms in total. The standard InChI is InChI=1S/C24H24N4O/c1-27-22-6-10-25-16-21(22)20-4-2-18(14-23(20)27)19-3-5-24(26-15-19)28-11-7-17(8-12-28)9-13-29/h2-6,10,13-17H,7-9,11-12H2,1H3. The average molecular weight is 384 g/mol. The molecule has 1 aromatic carbocycles. The van der Waals surface area contributed by atoms with Gasteiger partial charge in [-0.05, 0) is 48.6 Å². The number of hydrogen-bond donors (Lipinski definition) is 0. The Balaban J connectivity index is 1.41. The first kappa shape index (κ1) is 17.9. The molecule has 5 heteroatoms. The maximum atomic E-state index is 10.7. The zero-order chi connectivity index (χ0) is 19.8. The lowest BCUT2D eigenvalue weighted by Gasteiger charge is -2.32. The van der Waals surface area contributed by atoms with Crippen molar-refractivity contribution >= 4 is 33.9 Å². The Morgan fingerprint density at radius 3 is 2.59 bits per heavy atom. The van der Waals surface area contributed by atoms with Crippen LogP contribution in [0, 0.1) is 5.92 Å². The van der Waals surface area contributed by atoms with E-state index in [1.54, 1.807) is 0 Å². The number of piperidine rings is 1. The van der Waals surface area contributed by atoms with Crippen LogP contribution in [0.4, 0.5) is 5.82 Å². The van der Waals surface area contributed by atoms with Crippen LogP contribution in [-0.2, 0) is 11.8 Å². The third kappa shape index (κ3) is 3.16. The Morgan fingerprint density at radius 2 is 1.83 bits per heavy atom. The van der Waals surface area contributed by atoms with E-state index in [1.165, 1.54) is 27.4 Å². The van der Waals surface area contributed by atoms with Gasteiger partial charge in [-0.25, -0.2) is 4.98 Å². The molecule has 1 fully saturated rings. The molecule has 1 saturated heterocycles. The van der Waals surface area contributed by atoms with E-state index in [1.807, 2.05) is 18.6 Å². The fourth-order valence-corrected chi connectivity index (χ4v) is 4.51. The number of aromatic nitrogens is 3. The fraction of sp³-hybridized carbons (Fsp3) is 0.292. The van der Waals surface area contributed by atoms with Crippen LogP contribution < -0.4 is 4.90 Å². The number of nitrogens with zero attached hydrogens (tertiary/aromatic N) is 4. The van der Waals surface area contributed by atoms with E-state index in [-0.39, 0.29) is 0 Å². The summed E-state index contributed by atoms with van der Waals surface area (Å²) < 4.78 is 2.22. The van der Waals surface area contributed by atoms with Crippen LogP contribution in [0.15, 0.2) is 55.0 Å². The first-order valence-electron chi connectivity index (χ1n) is 10.2. The molecule has 0 radical (unpaired) electrons. The van der Waals surface area contributed by atoms with E-state index in [9.17, 15) is 4.79 Å². The SMILES string of the molecule is Cn1c2ccncc2c2ccc(-c3ccc(N4CCC(CC=O)CC4)nc3)cc21. The second-order valence-electron chi connectivity index (χ2n) is 7.92. The van der Waals surface area contributed by atoms with Crippen LogP contribution in [-0.4, -0.2) is 33.9 Å². The molecule has 5 rings (SSSR count). The molecular weight excluding hydrogens is 360 g/mol. The van der Waals surface area contributed by atoms with Gasteiger partial charge in [0.25, 0.3) is 0 Å². The second kappa shape index (κ2) is 7.32. The highest BCUT2D eigenvalue weighted by atomic mass is 16.1. The quantitative estimate of drug-likeness (QED) is 0.483. The zero-order valence-electron chi connectivity index (χ0n) is 16.6. The summed E-state index contributed by atoms with van der Waals surface area (Å²) >= 11 is 0. The lowest BCUT2D eigenvalue weighted by atomic mass is 9.94. The van der Waals surface area contributed by atoms with Crippen LogP contribution in [0.2, 0.25) is 0 Å². The molecule has 29 heavy (non-hydrogen) atoms. The van der Waals surface area contributed by atoms with Crippen molar-refractivity contribution in [2.24, 2.45) is 13.0 Å². The fourth-order valence-electron chi connectivity index (χ4n) is 4.51. The lowest BCUT2D eigenvalue weighted by molar-refractivity contribution is -0.108. The summed E-state index contributed by atoms with van der Waals surface area (Å²) in [6, 6.07) is 12.9. The molecular formula is C24H24N4O. The van der Waals surface area contributed by atoms with Gasteiger partial charge in [0.05, 0.1) is 5.52 Å². The highest BCUT2D eigenvalue weighted by Crippen LogP contribution is 2.32. The van der Waals surface area contributed by atoms with Crippen LogP contribution in [0.1, 0.15) is 19.3 Å². The third-order valence-electron chi connectivity index (χ3n) is 6.26. The molecule has 0 aliphatic carbocycles. The highest BCUT2D eigenvalue weighted by Gasteiger charge is 2.19. The number of aryl methyl sites for hydroxylation is 1. The van der Waals surface area contributed by atoms with Crippen molar-refractivity contribution in [1.29, 1.82) is 0 Å². The smallest absolute Gasteiger partial charge is 0.128 e. The summed E-state index contributed by atoms with van der Waals surface area (Å²) in [4.78, 5) is 22.1. The minimum absolute atomic E-state index is 0.533. The van der Waals surface area contributed by atoms with Gasteiger partial charge in [-0.15, -0.1) is 0 Å². The van der Waals surface area contributed by atoms with E-state index in [0.29, 0.717) is 12.3 Å². The number of carbonyl (C=O) groups is 1. The van der Waals surface area contributed by atoms with Crippen molar-refractivity contribution in [3.05, 3.63) is 55.0 Å². The number of benzene rings is 1. The topological polar surface area (TPSA) is 51.0 Å². The number of fused-ring (bicyclic) bond motifs is 3. The first-order valence-corrected chi connectivity index (χ1v) is 10.2. The number of aldehydes is 1. The predicted molar refractivity (Wildman–Crippen MR) is 117 cm³/mol. The molecule has 1 aliphatic heterocycles. The average Bonchev–Trinajstić information content (AvgIpc) is 3.07. The molecule has 0 spiro atoms. The van der Waals surface area contributed by atoms with Crippen LogP contribution >= 0.6 is 0 Å². The summed E-state index contributed by atoms with van der Waals surface area (Å²) in [5, 5.41) is 2.41. The molecule has 146 valence electrons. The molecule has 4 heterocycles. The molecule has 0 saturated carbocycles. The van der Waals surface area contributed by atoms with Gasteiger partial charge in [-0.3, -0.25) is 4.98 Å². The zero-order valence-corrected chi connectivity index (χ0v) is 16.6. The van der Waals surface area contributed by atoms with Gasteiger partial charge in [0.2, 0.25) is 0 Å². The van der Waals surface area contributed by atoms with Gasteiger partial charge in [-0.1, -0.05) is 12.1 Å². The Kier molecular flexibility index (Phi) is 4.51. The second-order valence-corrected chi connectivity index (χ2v) is 7.92. The van der Waals surface area contributed by atoms with Gasteiger partial charge in [0, 0.05) is 67.0 Å². The van der Waals surface area contributed by atoms with Crippen LogP contribution in [0.3, 0.4) is 0 Å². The Bertz CT molecular complexity index is 1170. The summed E-state index contributed by atoms with van der Waals surface area (Å²) in [7, 11) is 2.10. The Hall–Kier alpha value is -3.21. The van der Waals surface area contributed by atoms with Crippen molar-refractivity contribution in [1.82, 2.24) is 14.5 Å². The van der Waals surface area contributed by atoms with Crippen LogP contribution in [0.25, 0.3) is 32.9 Å².